The van der Waals surface area contributed by atoms with Crippen LogP contribution in [0.2, 0.25) is 0 Å². The SMILES string of the molecule is CCOC(=O)Nc1cccc(O)c1C(=O)O. The predicted octanol–water partition coefficient (Wildman–Crippen LogP) is 1.66. The van der Waals surface area contributed by atoms with Gasteiger partial charge in [-0.3, -0.25) is 5.32 Å². The van der Waals surface area contributed by atoms with Gasteiger partial charge < -0.3 is 14.9 Å². The zero-order chi connectivity index (χ0) is 12.1. The van der Waals surface area contributed by atoms with E-state index in [4.69, 9.17) is 5.11 Å². The Morgan fingerprint density at radius 2 is 2.12 bits per heavy atom. The fourth-order valence-corrected chi connectivity index (χ4v) is 1.15. The molecule has 3 N–H and O–H groups in total. The molecule has 16 heavy (non-hydrogen) atoms. The number of carboxylic acid groups (broad SMARTS) is 1. The minimum atomic E-state index is -1.33. The van der Waals surface area contributed by atoms with E-state index in [9.17, 15) is 14.7 Å². The van der Waals surface area contributed by atoms with Gasteiger partial charge in [-0.2, -0.15) is 0 Å². The van der Waals surface area contributed by atoms with Crippen LogP contribution in [0.5, 0.6) is 5.75 Å². The maximum absolute atomic E-state index is 11.1. The minimum Gasteiger partial charge on any atom is -0.507 e. The van der Waals surface area contributed by atoms with Crippen LogP contribution < -0.4 is 5.32 Å². The zero-order valence-electron chi connectivity index (χ0n) is 8.56. The molecule has 0 aliphatic rings. The Bertz CT molecular complexity index is 416. The van der Waals surface area contributed by atoms with Crippen LogP contribution in [0.3, 0.4) is 0 Å². The van der Waals surface area contributed by atoms with Gasteiger partial charge in [0.1, 0.15) is 11.3 Å². The second kappa shape index (κ2) is 5.01. The van der Waals surface area contributed by atoms with Crippen molar-refractivity contribution >= 4 is 17.7 Å². The van der Waals surface area contributed by atoms with Crippen LogP contribution in [-0.2, 0) is 4.74 Å². The van der Waals surface area contributed by atoms with E-state index in [0.717, 1.165) is 0 Å². The molecule has 1 amide bonds. The molecule has 0 radical (unpaired) electrons. The van der Waals surface area contributed by atoms with Crippen molar-refractivity contribution in [2.24, 2.45) is 0 Å². The second-order valence-corrected chi connectivity index (χ2v) is 2.85. The highest BCUT2D eigenvalue weighted by Crippen LogP contribution is 2.25. The summed E-state index contributed by atoms with van der Waals surface area (Å²) in [5.41, 5.74) is -0.374. The Labute approximate surface area is 91.5 Å². The van der Waals surface area contributed by atoms with E-state index in [2.05, 4.69) is 10.1 Å². The maximum atomic E-state index is 11.1. The molecular weight excluding hydrogens is 214 g/mol. The molecule has 1 rings (SSSR count). The number of carboxylic acids is 1. The molecule has 0 saturated heterocycles. The normalized spacial score (nSPS) is 9.56. The number of anilines is 1. The first kappa shape index (κ1) is 11.8. The van der Waals surface area contributed by atoms with Crippen LogP contribution >= 0.6 is 0 Å². The van der Waals surface area contributed by atoms with Gasteiger partial charge in [-0.15, -0.1) is 0 Å². The van der Waals surface area contributed by atoms with Crippen molar-refractivity contribution in [3.05, 3.63) is 23.8 Å². The maximum Gasteiger partial charge on any atom is 0.411 e. The van der Waals surface area contributed by atoms with E-state index in [1.807, 2.05) is 0 Å². The highest BCUT2D eigenvalue weighted by Gasteiger charge is 2.16. The highest BCUT2D eigenvalue weighted by molar-refractivity contribution is 6.01. The largest absolute Gasteiger partial charge is 0.507 e. The molecule has 0 unspecified atom stereocenters. The van der Waals surface area contributed by atoms with E-state index in [-0.39, 0.29) is 17.9 Å². The Kier molecular flexibility index (Phi) is 3.71. The van der Waals surface area contributed by atoms with E-state index >= 15 is 0 Å². The molecule has 6 heteroatoms. The van der Waals surface area contributed by atoms with Crippen molar-refractivity contribution in [1.29, 1.82) is 0 Å². The fourth-order valence-electron chi connectivity index (χ4n) is 1.15. The van der Waals surface area contributed by atoms with Crippen LogP contribution in [0.4, 0.5) is 10.5 Å². The summed E-state index contributed by atoms with van der Waals surface area (Å²) in [5, 5.41) is 20.4. The number of aromatic hydroxyl groups is 1. The van der Waals surface area contributed by atoms with E-state index in [0.29, 0.717) is 0 Å². The van der Waals surface area contributed by atoms with Gasteiger partial charge in [0.2, 0.25) is 0 Å². The summed E-state index contributed by atoms with van der Waals surface area (Å²) in [6, 6.07) is 4.00. The molecule has 1 aromatic carbocycles. The van der Waals surface area contributed by atoms with Crippen LogP contribution in [0.15, 0.2) is 18.2 Å². The standard InChI is InChI=1S/C10H11NO5/c1-2-16-10(15)11-6-4-3-5-7(12)8(6)9(13)14/h3-5,12H,2H2,1H3,(H,11,15)(H,13,14). The summed E-state index contributed by atoms with van der Waals surface area (Å²) >= 11 is 0. The first-order chi connectivity index (χ1) is 7.56. The number of hydrogen-bond acceptors (Lipinski definition) is 4. The van der Waals surface area contributed by atoms with Crippen molar-refractivity contribution in [2.75, 3.05) is 11.9 Å². The van der Waals surface area contributed by atoms with Crippen LogP contribution in [0.1, 0.15) is 17.3 Å². The number of carbonyl (C=O) groups excluding carboxylic acids is 1. The number of amides is 1. The lowest BCUT2D eigenvalue weighted by molar-refractivity contribution is 0.0695. The van der Waals surface area contributed by atoms with Gasteiger partial charge in [-0.1, -0.05) is 6.07 Å². The summed E-state index contributed by atoms with van der Waals surface area (Å²) < 4.78 is 4.60. The number of benzene rings is 1. The Hall–Kier alpha value is -2.24. The van der Waals surface area contributed by atoms with Crippen molar-refractivity contribution in [3.8, 4) is 5.75 Å². The van der Waals surface area contributed by atoms with Gasteiger partial charge in [0.15, 0.2) is 0 Å². The molecule has 0 fully saturated rings. The van der Waals surface area contributed by atoms with Crippen LogP contribution in [0, 0.1) is 0 Å². The van der Waals surface area contributed by atoms with E-state index in [1.165, 1.54) is 18.2 Å². The number of carbonyl (C=O) groups is 2. The smallest absolute Gasteiger partial charge is 0.411 e. The number of phenols is 1. The summed E-state index contributed by atoms with van der Waals surface area (Å²) in [7, 11) is 0. The van der Waals surface area contributed by atoms with Gasteiger partial charge >= 0.3 is 12.1 Å². The van der Waals surface area contributed by atoms with Gasteiger partial charge in [0.25, 0.3) is 0 Å². The molecule has 0 bridgehead atoms. The third-order valence-electron chi connectivity index (χ3n) is 1.77. The third-order valence-corrected chi connectivity index (χ3v) is 1.77. The lowest BCUT2D eigenvalue weighted by Crippen LogP contribution is -2.15. The molecule has 0 heterocycles. The molecule has 0 aliphatic carbocycles. The Balaban J connectivity index is 3.00. The minimum absolute atomic E-state index is 0.00838. The first-order valence-corrected chi connectivity index (χ1v) is 4.55. The monoisotopic (exact) mass is 225 g/mol. The fraction of sp³-hybridized carbons (Fsp3) is 0.200. The summed E-state index contributed by atoms with van der Waals surface area (Å²) in [6.07, 6.45) is -0.768. The molecular formula is C10H11NO5. The molecule has 0 aliphatic heterocycles. The molecule has 6 nitrogen and oxygen atoms in total. The predicted molar refractivity (Wildman–Crippen MR) is 55.7 cm³/mol. The van der Waals surface area contributed by atoms with E-state index < -0.39 is 17.8 Å². The highest BCUT2D eigenvalue weighted by atomic mass is 16.5. The van der Waals surface area contributed by atoms with Crippen molar-refractivity contribution in [1.82, 2.24) is 0 Å². The first-order valence-electron chi connectivity index (χ1n) is 4.55. The molecule has 0 atom stereocenters. The molecule has 86 valence electrons. The summed E-state index contributed by atoms with van der Waals surface area (Å²) in [5.74, 6) is -1.74. The van der Waals surface area contributed by atoms with Crippen molar-refractivity contribution in [2.45, 2.75) is 6.92 Å². The lowest BCUT2D eigenvalue weighted by Gasteiger charge is -2.09. The molecule has 0 spiro atoms. The number of aromatic carboxylic acids is 1. The number of ether oxygens (including phenoxy) is 1. The number of rotatable bonds is 3. The van der Waals surface area contributed by atoms with Crippen LogP contribution in [0.25, 0.3) is 0 Å². The molecule has 1 aromatic rings. The second-order valence-electron chi connectivity index (χ2n) is 2.85. The van der Waals surface area contributed by atoms with E-state index in [1.54, 1.807) is 6.92 Å². The third kappa shape index (κ3) is 2.63. The average Bonchev–Trinajstić information content (AvgIpc) is 2.17. The lowest BCUT2D eigenvalue weighted by atomic mass is 10.1. The van der Waals surface area contributed by atoms with Gasteiger partial charge in [0.05, 0.1) is 12.3 Å². The average molecular weight is 225 g/mol. The topological polar surface area (TPSA) is 95.9 Å². The van der Waals surface area contributed by atoms with Crippen molar-refractivity contribution < 1.29 is 24.5 Å². The number of nitrogens with one attached hydrogen (secondary N) is 1. The molecule has 0 saturated carbocycles. The Morgan fingerprint density at radius 1 is 1.44 bits per heavy atom. The van der Waals surface area contributed by atoms with Gasteiger partial charge in [-0.25, -0.2) is 9.59 Å². The zero-order valence-corrected chi connectivity index (χ0v) is 8.56. The molecule has 0 aromatic heterocycles. The summed E-state index contributed by atoms with van der Waals surface area (Å²) in [4.78, 5) is 21.9. The van der Waals surface area contributed by atoms with Crippen molar-refractivity contribution in [3.63, 3.8) is 0 Å². The Morgan fingerprint density at radius 3 is 2.69 bits per heavy atom. The van der Waals surface area contributed by atoms with Gasteiger partial charge in [0, 0.05) is 0 Å². The van der Waals surface area contributed by atoms with Gasteiger partial charge in [-0.05, 0) is 19.1 Å². The quantitative estimate of drug-likeness (QED) is 0.726. The van der Waals surface area contributed by atoms with Crippen LogP contribution in [-0.4, -0.2) is 28.9 Å². The summed E-state index contributed by atoms with van der Waals surface area (Å²) in [6.45, 7) is 1.80. The number of hydrogen-bond donors (Lipinski definition) is 3.